The lowest BCUT2D eigenvalue weighted by atomic mass is 10.1. The Bertz CT molecular complexity index is 979. The van der Waals surface area contributed by atoms with Crippen molar-refractivity contribution < 1.29 is 23.0 Å². The van der Waals surface area contributed by atoms with E-state index in [9.17, 15) is 13.6 Å². The van der Waals surface area contributed by atoms with Crippen LogP contribution in [-0.2, 0) is 0 Å². The molecule has 0 bridgehead atoms. The minimum atomic E-state index is -0.590. The molecule has 2 aromatic carbocycles. The van der Waals surface area contributed by atoms with Gasteiger partial charge in [-0.05, 0) is 37.3 Å². The van der Waals surface area contributed by atoms with Crippen molar-refractivity contribution in [2.24, 2.45) is 0 Å². The zero-order valence-electron chi connectivity index (χ0n) is 14.8. The van der Waals surface area contributed by atoms with Crippen molar-refractivity contribution in [3.05, 3.63) is 58.5 Å². The Balaban J connectivity index is 1.85. The number of hydrogen-bond donors (Lipinski definition) is 1. The predicted molar refractivity (Wildman–Crippen MR) is 99.7 cm³/mol. The first-order valence-electron chi connectivity index (χ1n) is 7.88. The maximum absolute atomic E-state index is 13.9. The van der Waals surface area contributed by atoms with Crippen LogP contribution < -0.4 is 14.8 Å². The summed E-state index contributed by atoms with van der Waals surface area (Å²) in [6.07, 6.45) is 0. The molecule has 27 heavy (non-hydrogen) atoms. The van der Waals surface area contributed by atoms with E-state index in [-0.39, 0.29) is 16.4 Å². The number of anilines is 1. The Morgan fingerprint density at radius 2 is 1.78 bits per heavy atom. The fraction of sp³-hybridized carbons (Fsp3) is 0.158. The zero-order chi connectivity index (χ0) is 19.6. The summed E-state index contributed by atoms with van der Waals surface area (Å²) >= 11 is 1.11. The van der Waals surface area contributed by atoms with Gasteiger partial charge >= 0.3 is 0 Å². The molecule has 0 aliphatic heterocycles. The van der Waals surface area contributed by atoms with Crippen molar-refractivity contribution >= 4 is 22.4 Å². The number of nitrogens with one attached hydrogen (secondary N) is 1. The molecule has 0 fully saturated rings. The monoisotopic (exact) mass is 390 g/mol. The van der Waals surface area contributed by atoms with E-state index in [1.54, 1.807) is 17.5 Å². The van der Waals surface area contributed by atoms with E-state index in [2.05, 4.69) is 10.3 Å². The molecule has 1 heterocycles. The molecule has 1 aromatic heterocycles. The van der Waals surface area contributed by atoms with Gasteiger partial charge in [-0.15, -0.1) is 11.3 Å². The number of methoxy groups -OCH3 is 2. The van der Waals surface area contributed by atoms with Crippen LogP contribution in [0, 0.1) is 18.6 Å². The maximum Gasteiger partial charge on any atom is 0.257 e. The van der Waals surface area contributed by atoms with Crippen molar-refractivity contribution in [3.8, 4) is 22.8 Å². The number of carbonyl (C=O) groups excluding carboxylic acids is 1. The van der Waals surface area contributed by atoms with Crippen molar-refractivity contribution in [1.29, 1.82) is 0 Å². The van der Waals surface area contributed by atoms with Gasteiger partial charge in [0, 0.05) is 22.1 Å². The number of carbonyl (C=O) groups is 1. The van der Waals surface area contributed by atoms with Crippen molar-refractivity contribution in [1.82, 2.24) is 4.98 Å². The lowest BCUT2D eigenvalue weighted by Gasteiger charge is -2.12. The minimum absolute atomic E-state index is 0.0328. The summed E-state index contributed by atoms with van der Waals surface area (Å²) in [5.41, 5.74) is 1.37. The van der Waals surface area contributed by atoms with E-state index in [1.807, 2.05) is 6.92 Å². The largest absolute Gasteiger partial charge is 0.496 e. The predicted octanol–water partition coefficient (Wildman–Crippen LogP) is 4.67. The number of ether oxygens (including phenoxy) is 2. The summed E-state index contributed by atoms with van der Waals surface area (Å²) in [5.74, 6) is -0.550. The van der Waals surface area contributed by atoms with E-state index in [4.69, 9.17) is 9.47 Å². The van der Waals surface area contributed by atoms with Crippen LogP contribution in [0.5, 0.6) is 11.5 Å². The van der Waals surface area contributed by atoms with Crippen LogP contribution in [-0.4, -0.2) is 25.1 Å². The van der Waals surface area contributed by atoms with Gasteiger partial charge < -0.3 is 9.47 Å². The lowest BCUT2D eigenvalue weighted by molar-refractivity contribution is 0.102. The molecule has 3 rings (SSSR count). The Morgan fingerprint density at radius 1 is 1.11 bits per heavy atom. The number of thiazole rings is 1. The molecule has 0 unspecified atom stereocenters. The number of aromatic nitrogens is 1. The van der Waals surface area contributed by atoms with Gasteiger partial charge in [0.1, 0.15) is 23.1 Å². The molecule has 0 radical (unpaired) electrons. The SMILES string of the molecule is COc1cc(C(=O)Nc2nc(-c3cc(F)ccc3F)cs2)cc(OC)c1C. The summed E-state index contributed by atoms with van der Waals surface area (Å²) in [6.45, 7) is 1.82. The van der Waals surface area contributed by atoms with E-state index >= 15 is 0 Å². The first-order chi connectivity index (χ1) is 12.9. The molecular formula is C19H16F2N2O3S. The molecule has 3 aromatic rings. The lowest BCUT2D eigenvalue weighted by Crippen LogP contribution is -2.12. The average molecular weight is 390 g/mol. The Kier molecular flexibility index (Phi) is 5.36. The molecule has 8 heteroatoms. The molecule has 0 aliphatic carbocycles. The third kappa shape index (κ3) is 3.90. The third-order valence-electron chi connectivity index (χ3n) is 3.94. The first-order valence-corrected chi connectivity index (χ1v) is 8.75. The van der Waals surface area contributed by atoms with Crippen LogP contribution in [0.15, 0.2) is 35.7 Å². The highest BCUT2D eigenvalue weighted by Crippen LogP contribution is 2.31. The number of hydrogen-bond acceptors (Lipinski definition) is 5. The second-order valence-corrected chi connectivity index (χ2v) is 6.48. The summed E-state index contributed by atoms with van der Waals surface area (Å²) in [6, 6.07) is 6.31. The van der Waals surface area contributed by atoms with Gasteiger partial charge in [0.05, 0.1) is 19.9 Å². The fourth-order valence-electron chi connectivity index (χ4n) is 2.54. The van der Waals surface area contributed by atoms with Gasteiger partial charge in [-0.25, -0.2) is 13.8 Å². The van der Waals surface area contributed by atoms with Crippen LogP contribution in [0.3, 0.4) is 0 Å². The van der Waals surface area contributed by atoms with Crippen LogP contribution >= 0.6 is 11.3 Å². The topological polar surface area (TPSA) is 60.5 Å². The third-order valence-corrected chi connectivity index (χ3v) is 4.70. The normalized spacial score (nSPS) is 10.6. The number of benzene rings is 2. The Labute approximate surface area is 158 Å². The van der Waals surface area contributed by atoms with E-state index in [0.717, 1.165) is 35.1 Å². The molecule has 1 N–H and O–H groups in total. The molecule has 1 amide bonds. The van der Waals surface area contributed by atoms with Gasteiger partial charge in [0.15, 0.2) is 5.13 Å². The molecule has 0 saturated heterocycles. The second-order valence-electron chi connectivity index (χ2n) is 5.62. The van der Waals surface area contributed by atoms with E-state index in [0.29, 0.717) is 17.1 Å². The summed E-state index contributed by atoms with van der Waals surface area (Å²) in [4.78, 5) is 16.7. The molecule has 5 nitrogen and oxygen atoms in total. The van der Waals surface area contributed by atoms with Crippen LogP contribution in [0.1, 0.15) is 15.9 Å². The van der Waals surface area contributed by atoms with E-state index < -0.39 is 17.5 Å². The van der Waals surface area contributed by atoms with Gasteiger partial charge in [-0.1, -0.05) is 0 Å². The molecular weight excluding hydrogens is 374 g/mol. The molecule has 140 valence electrons. The standard InChI is InChI=1S/C19H16F2N2O3S/c1-10-16(25-2)6-11(7-17(10)26-3)18(24)23-19-22-15(9-27-19)13-8-12(20)4-5-14(13)21/h4-9H,1-3H3,(H,22,23,24). The molecule has 0 saturated carbocycles. The van der Waals surface area contributed by atoms with Gasteiger partial charge in [-0.3, -0.25) is 10.1 Å². The first kappa shape index (κ1) is 18.8. The minimum Gasteiger partial charge on any atom is -0.496 e. The highest BCUT2D eigenvalue weighted by Gasteiger charge is 2.16. The fourth-order valence-corrected chi connectivity index (χ4v) is 3.24. The van der Waals surface area contributed by atoms with Crippen molar-refractivity contribution in [2.75, 3.05) is 19.5 Å². The Hall–Kier alpha value is -3.00. The van der Waals surface area contributed by atoms with Crippen LogP contribution in [0.25, 0.3) is 11.3 Å². The second kappa shape index (κ2) is 7.71. The number of halogens is 2. The molecule has 0 spiro atoms. The average Bonchev–Trinajstić information content (AvgIpc) is 3.12. The number of rotatable bonds is 5. The van der Waals surface area contributed by atoms with Crippen LogP contribution in [0.4, 0.5) is 13.9 Å². The summed E-state index contributed by atoms with van der Waals surface area (Å²) in [7, 11) is 3.01. The van der Waals surface area contributed by atoms with Gasteiger partial charge in [-0.2, -0.15) is 0 Å². The van der Waals surface area contributed by atoms with Crippen LogP contribution in [0.2, 0.25) is 0 Å². The van der Waals surface area contributed by atoms with Gasteiger partial charge in [0.2, 0.25) is 0 Å². The number of nitrogens with zero attached hydrogens (tertiary/aromatic N) is 1. The number of amides is 1. The quantitative estimate of drug-likeness (QED) is 0.688. The Morgan fingerprint density at radius 3 is 2.41 bits per heavy atom. The summed E-state index contributed by atoms with van der Waals surface area (Å²) in [5, 5.41) is 4.45. The molecule has 0 atom stereocenters. The van der Waals surface area contributed by atoms with Crippen molar-refractivity contribution in [3.63, 3.8) is 0 Å². The van der Waals surface area contributed by atoms with E-state index in [1.165, 1.54) is 14.2 Å². The van der Waals surface area contributed by atoms with Crippen molar-refractivity contribution in [2.45, 2.75) is 6.92 Å². The van der Waals surface area contributed by atoms with Gasteiger partial charge in [0.25, 0.3) is 5.91 Å². The molecule has 0 aliphatic rings. The maximum atomic E-state index is 13.9. The summed E-state index contributed by atoms with van der Waals surface area (Å²) < 4.78 is 37.8. The smallest absolute Gasteiger partial charge is 0.257 e. The highest BCUT2D eigenvalue weighted by atomic mass is 32.1. The highest BCUT2D eigenvalue weighted by molar-refractivity contribution is 7.14. The zero-order valence-corrected chi connectivity index (χ0v) is 15.6.